The van der Waals surface area contributed by atoms with E-state index in [1.165, 1.54) is 0 Å². The summed E-state index contributed by atoms with van der Waals surface area (Å²) >= 11 is 0. The number of amides is 1. The van der Waals surface area contributed by atoms with Gasteiger partial charge in [-0.3, -0.25) is 9.59 Å². The van der Waals surface area contributed by atoms with Crippen LogP contribution in [0.5, 0.6) is 0 Å². The normalized spacial score (nSPS) is 6.32. The van der Waals surface area contributed by atoms with E-state index in [0.717, 1.165) is 0 Å². The molecule has 1 rings (SSSR count). The van der Waals surface area contributed by atoms with Crippen molar-refractivity contribution in [3.05, 3.63) is 35.9 Å². The van der Waals surface area contributed by atoms with Crippen LogP contribution in [0.15, 0.2) is 30.3 Å². The molecule has 0 spiro atoms. The van der Waals surface area contributed by atoms with Crippen LogP contribution >= 0.6 is 0 Å². The Morgan fingerprint density at radius 2 is 1.32 bits per heavy atom. The number of carbonyl (C=O) groups is 2. The van der Waals surface area contributed by atoms with Crippen molar-refractivity contribution >= 4 is 11.9 Å². The third-order valence-corrected chi connectivity index (χ3v) is 1.44. The second kappa shape index (κ2) is 18.3. The standard InChI is InChI=1S/C9H9NO3.6H3N/c11-8(12)6-10-9(13)7-4-2-1-3-5-7;;;;;;/h1-5H,6H2,(H,10,13)(H,11,12);6*1H3. The highest BCUT2D eigenvalue weighted by atomic mass is 16.4. The van der Waals surface area contributed by atoms with Gasteiger partial charge in [-0.1, -0.05) is 18.2 Å². The number of benzene rings is 1. The summed E-state index contributed by atoms with van der Waals surface area (Å²) in [5, 5.41) is 10.6. The Morgan fingerprint density at radius 3 is 1.68 bits per heavy atom. The maximum atomic E-state index is 11.2. The molecule has 0 bridgehead atoms. The number of hydrogen-bond donors (Lipinski definition) is 8. The molecule has 0 fully saturated rings. The molecule has 0 saturated heterocycles. The molecular weight excluding hydrogens is 254 g/mol. The number of carboxylic acid groups (broad SMARTS) is 1. The summed E-state index contributed by atoms with van der Waals surface area (Å²) < 4.78 is 0. The van der Waals surface area contributed by atoms with Gasteiger partial charge >= 0.3 is 5.97 Å². The predicted octanol–water partition coefficient (Wildman–Crippen LogP) is 1.47. The Hall–Kier alpha value is -2.08. The van der Waals surface area contributed by atoms with E-state index in [4.69, 9.17) is 5.11 Å². The maximum absolute atomic E-state index is 11.2. The average molecular weight is 281 g/mol. The fraction of sp³-hybridized carbons (Fsp3) is 0.111. The van der Waals surface area contributed by atoms with Crippen LogP contribution in [0.1, 0.15) is 10.4 Å². The zero-order valence-electron chi connectivity index (χ0n) is 11.1. The number of carbonyl (C=O) groups excluding carboxylic acids is 1. The van der Waals surface area contributed by atoms with Crippen LogP contribution in [0.4, 0.5) is 0 Å². The molecule has 1 aromatic rings. The fourth-order valence-electron chi connectivity index (χ4n) is 0.847. The molecular formula is C9H27N7O3. The SMILES string of the molecule is N.N.N.N.N.N.O=C(O)CNC(=O)c1ccccc1. The molecule has 1 aromatic carbocycles. The van der Waals surface area contributed by atoms with E-state index in [1.807, 2.05) is 0 Å². The maximum Gasteiger partial charge on any atom is 0.322 e. The lowest BCUT2D eigenvalue weighted by Crippen LogP contribution is -2.29. The minimum atomic E-state index is -1.05. The van der Waals surface area contributed by atoms with Crippen molar-refractivity contribution in [2.45, 2.75) is 0 Å². The summed E-state index contributed by atoms with van der Waals surface area (Å²) in [5.74, 6) is -1.42. The van der Waals surface area contributed by atoms with E-state index in [2.05, 4.69) is 5.32 Å². The summed E-state index contributed by atoms with van der Waals surface area (Å²) in [7, 11) is 0. The molecule has 0 atom stereocenters. The highest BCUT2D eigenvalue weighted by Crippen LogP contribution is 1.96. The molecule has 0 aliphatic heterocycles. The Balaban J connectivity index is -0.0000000704. The molecule has 0 aliphatic carbocycles. The minimum absolute atomic E-state index is 0. The van der Waals surface area contributed by atoms with E-state index >= 15 is 0 Å². The zero-order chi connectivity index (χ0) is 9.68. The van der Waals surface area contributed by atoms with Crippen molar-refractivity contribution < 1.29 is 14.7 Å². The van der Waals surface area contributed by atoms with Crippen LogP contribution in [-0.2, 0) is 4.79 Å². The van der Waals surface area contributed by atoms with E-state index in [-0.39, 0.29) is 49.4 Å². The zero-order valence-corrected chi connectivity index (χ0v) is 11.1. The lowest BCUT2D eigenvalue weighted by molar-refractivity contribution is -0.135. The summed E-state index contributed by atoms with van der Waals surface area (Å²) in [6.45, 7) is -0.353. The summed E-state index contributed by atoms with van der Waals surface area (Å²) in [6.07, 6.45) is 0. The molecule has 10 heteroatoms. The molecule has 19 heavy (non-hydrogen) atoms. The lowest BCUT2D eigenvalue weighted by Gasteiger charge is -2.00. The van der Waals surface area contributed by atoms with E-state index < -0.39 is 5.97 Å². The number of hydrogen-bond acceptors (Lipinski definition) is 8. The van der Waals surface area contributed by atoms with Gasteiger partial charge < -0.3 is 47.3 Å². The topological polar surface area (TPSA) is 276 Å². The van der Waals surface area contributed by atoms with Gasteiger partial charge in [0.15, 0.2) is 0 Å². The second-order valence-corrected chi connectivity index (χ2v) is 2.44. The van der Waals surface area contributed by atoms with Crippen LogP contribution < -0.4 is 42.2 Å². The molecule has 0 aromatic heterocycles. The van der Waals surface area contributed by atoms with Gasteiger partial charge in [0.2, 0.25) is 0 Å². The van der Waals surface area contributed by atoms with Crippen LogP contribution in [0, 0.1) is 0 Å². The van der Waals surface area contributed by atoms with Crippen LogP contribution in [0.3, 0.4) is 0 Å². The van der Waals surface area contributed by atoms with Gasteiger partial charge in [0.1, 0.15) is 6.54 Å². The van der Waals surface area contributed by atoms with Gasteiger partial charge in [-0.2, -0.15) is 0 Å². The van der Waals surface area contributed by atoms with Crippen molar-refractivity contribution in [2.75, 3.05) is 6.54 Å². The van der Waals surface area contributed by atoms with Crippen molar-refractivity contribution in [1.82, 2.24) is 42.2 Å². The first-order valence-corrected chi connectivity index (χ1v) is 3.75. The molecule has 20 N–H and O–H groups in total. The molecule has 0 unspecified atom stereocenters. The van der Waals surface area contributed by atoms with E-state index in [0.29, 0.717) is 5.56 Å². The summed E-state index contributed by atoms with van der Waals surface area (Å²) in [6, 6.07) is 8.47. The summed E-state index contributed by atoms with van der Waals surface area (Å²) in [5.41, 5.74) is 0.462. The molecule has 0 radical (unpaired) electrons. The Bertz CT molecular complexity index is 321. The van der Waals surface area contributed by atoms with Gasteiger partial charge in [0, 0.05) is 5.56 Å². The van der Waals surface area contributed by atoms with Gasteiger partial charge in [0.25, 0.3) is 5.91 Å². The Morgan fingerprint density at radius 1 is 0.895 bits per heavy atom. The van der Waals surface area contributed by atoms with Gasteiger partial charge in [-0.15, -0.1) is 0 Å². The first-order chi connectivity index (χ1) is 6.20. The Labute approximate surface area is 112 Å². The third-order valence-electron chi connectivity index (χ3n) is 1.44. The highest BCUT2D eigenvalue weighted by Gasteiger charge is 2.04. The second-order valence-electron chi connectivity index (χ2n) is 2.44. The third kappa shape index (κ3) is 13.9. The van der Waals surface area contributed by atoms with Crippen molar-refractivity contribution in [3.8, 4) is 0 Å². The van der Waals surface area contributed by atoms with Gasteiger partial charge in [-0.25, -0.2) is 0 Å². The van der Waals surface area contributed by atoms with Gasteiger partial charge in [-0.05, 0) is 12.1 Å². The molecule has 116 valence electrons. The average Bonchev–Trinajstić information content (AvgIpc) is 2.15. The molecule has 10 nitrogen and oxygen atoms in total. The lowest BCUT2D eigenvalue weighted by atomic mass is 10.2. The van der Waals surface area contributed by atoms with Crippen molar-refractivity contribution in [3.63, 3.8) is 0 Å². The number of carboxylic acids is 1. The predicted molar refractivity (Wildman–Crippen MR) is 76.5 cm³/mol. The van der Waals surface area contributed by atoms with Crippen LogP contribution in [0.2, 0.25) is 0 Å². The van der Waals surface area contributed by atoms with E-state index in [1.54, 1.807) is 30.3 Å². The smallest absolute Gasteiger partial charge is 0.322 e. The van der Waals surface area contributed by atoms with Crippen molar-refractivity contribution in [2.24, 2.45) is 0 Å². The van der Waals surface area contributed by atoms with Gasteiger partial charge in [0.05, 0.1) is 0 Å². The molecule has 0 heterocycles. The van der Waals surface area contributed by atoms with Crippen molar-refractivity contribution in [1.29, 1.82) is 0 Å². The fourth-order valence-corrected chi connectivity index (χ4v) is 0.847. The van der Waals surface area contributed by atoms with E-state index in [9.17, 15) is 9.59 Å². The number of rotatable bonds is 3. The molecule has 1 amide bonds. The Kier molecular flexibility index (Phi) is 34.6. The highest BCUT2D eigenvalue weighted by molar-refractivity contribution is 5.95. The number of nitrogens with one attached hydrogen (secondary N) is 1. The number of aliphatic carboxylic acids is 1. The quantitative estimate of drug-likeness (QED) is 0.397. The summed E-state index contributed by atoms with van der Waals surface area (Å²) in [4.78, 5) is 21.3. The largest absolute Gasteiger partial charge is 0.480 e. The molecule has 0 aliphatic rings. The van der Waals surface area contributed by atoms with Crippen LogP contribution in [-0.4, -0.2) is 23.5 Å². The minimum Gasteiger partial charge on any atom is -0.480 e. The first kappa shape index (κ1) is 36.0. The monoisotopic (exact) mass is 281 g/mol. The first-order valence-electron chi connectivity index (χ1n) is 3.75. The molecule has 0 saturated carbocycles. The van der Waals surface area contributed by atoms with Crippen LogP contribution in [0.25, 0.3) is 0 Å².